The van der Waals surface area contributed by atoms with Gasteiger partial charge in [-0.1, -0.05) is 156 Å². The van der Waals surface area contributed by atoms with Crippen molar-refractivity contribution in [1.82, 2.24) is 0 Å². The predicted octanol–water partition coefficient (Wildman–Crippen LogP) is 10.8. The minimum Gasteiger partial charge on any atom is -0.466 e. The second-order valence-corrected chi connectivity index (χ2v) is 12.9. The summed E-state index contributed by atoms with van der Waals surface area (Å²) in [6.07, 6.45) is 27.5. The Balaban J connectivity index is 4.58. The van der Waals surface area contributed by atoms with Crippen molar-refractivity contribution in [2.24, 2.45) is 5.41 Å². The Labute approximate surface area is 266 Å². The van der Waals surface area contributed by atoms with E-state index in [2.05, 4.69) is 20.8 Å². The number of hydrogen-bond donors (Lipinski definition) is 0. The molecule has 43 heavy (non-hydrogen) atoms. The second kappa shape index (κ2) is 30.4. The first-order valence-corrected chi connectivity index (χ1v) is 18.4. The van der Waals surface area contributed by atoms with E-state index in [0.717, 1.165) is 57.8 Å². The number of carbonyl (C=O) groups is 3. The molecule has 0 aromatic rings. The molecule has 6 nitrogen and oxygen atoms in total. The van der Waals surface area contributed by atoms with Crippen molar-refractivity contribution in [1.29, 1.82) is 0 Å². The van der Waals surface area contributed by atoms with Crippen LogP contribution in [-0.4, -0.2) is 37.7 Å². The summed E-state index contributed by atoms with van der Waals surface area (Å²) < 4.78 is 16.5. The van der Waals surface area contributed by atoms with E-state index in [1.54, 1.807) is 6.92 Å². The molecule has 6 heteroatoms. The highest BCUT2D eigenvalue weighted by Crippen LogP contribution is 2.30. The summed E-state index contributed by atoms with van der Waals surface area (Å²) in [5, 5.41) is 0. The van der Waals surface area contributed by atoms with Crippen LogP contribution < -0.4 is 0 Å². The molecule has 0 aromatic heterocycles. The van der Waals surface area contributed by atoms with Gasteiger partial charge >= 0.3 is 17.9 Å². The normalized spacial score (nSPS) is 11.4. The number of ether oxygens (including phenoxy) is 3. The minimum atomic E-state index is -1.28. The van der Waals surface area contributed by atoms with Crippen LogP contribution in [0.25, 0.3) is 0 Å². The van der Waals surface area contributed by atoms with Crippen LogP contribution in [-0.2, 0) is 28.6 Å². The van der Waals surface area contributed by atoms with Crippen LogP contribution in [0.3, 0.4) is 0 Å². The standard InChI is InChI=1S/C37H70O6/c1-5-8-11-14-17-20-23-26-29-41-34(38)32-37(4,36(40)43-31-28-25-22-19-16-13-10-7-3)33-35(39)42-30-27-24-21-18-15-12-9-6-2/h5-33H2,1-4H3. The molecule has 0 bridgehead atoms. The summed E-state index contributed by atoms with van der Waals surface area (Å²) >= 11 is 0. The van der Waals surface area contributed by atoms with Gasteiger partial charge in [0.25, 0.3) is 0 Å². The molecule has 0 amide bonds. The summed E-state index contributed by atoms with van der Waals surface area (Å²) in [4.78, 5) is 38.6. The zero-order chi connectivity index (χ0) is 31.9. The molecule has 0 heterocycles. The Bertz CT molecular complexity index is 625. The number of rotatable bonds is 32. The summed E-state index contributed by atoms with van der Waals surface area (Å²) in [6, 6.07) is 0. The van der Waals surface area contributed by atoms with Gasteiger partial charge in [0.05, 0.1) is 38.1 Å². The Kier molecular flexibility index (Phi) is 29.3. The lowest BCUT2D eigenvalue weighted by atomic mass is 9.83. The van der Waals surface area contributed by atoms with Crippen molar-refractivity contribution in [2.75, 3.05) is 19.8 Å². The molecular weight excluding hydrogens is 540 g/mol. The minimum absolute atomic E-state index is 0.173. The molecule has 0 unspecified atom stereocenters. The van der Waals surface area contributed by atoms with Gasteiger partial charge in [-0.2, -0.15) is 0 Å². The largest absolute Gasteiger partial charge is 0.466 e. The molecule has 254 valence electrons. The maximum atomic E-state index is 13.2. The van der Waals surface area contributed by atoms with E-state index >= 15 is 0 Å². The molecule has 0 radical (unpaired) electrons. The Morgan fingerprint density at radius 3 is 0.953 bits per heavy atom. The lowest BCUT2D eigenvalue weighted by Crippen LogP contribution is -2.36. The Morgan fingerprint density at radius 1 is 0.395 bits per heavy atom. The van der Waals surface area contributed by atoms with E-state index in [-0.39, 0.29) is 12.8 Å². The molecule has 0 saturated heterocycles. The average molecular weight is 611 g/mol. The van der Waals surface area contributed by atoms with Crippen molar-refractivity contribution in [3.05, 3.63) is 0 Å². The quantitative estimate of drug-likeness (QED) is 0.0428. The van der Waals surface area contributed by atoms with E-state index in [1.165, 1.54) is 96.3 Å². The van der Waals surface area contributed by atoms with Gasteiger partial charge in [0, 0.05) is 0 Å². The van der Waals surface area contributed by atoms with Crippen molar-refractivity contribution in [2.45, 2.75) is 195 Å². The van der Waals surface area contributed by atoms with Crippen molar-refractivity contribution in [3.8, 4) is 0 Å². The average Bonchev–Trinajstić information content (AvgIpc) is 2.98. The molecule has 0 aromatic carbocycles. The van der Waals surface area contributed by atoms with Crippen molar-refractivity contribution in [3.63, 3.8) is 0 Å². The highest BCUT2D eigenvalue weighted by Gasteiger charge is 2.40. The molecule has 0 saturated carbocycles. The zero-order valence-corrected chi connectivity index (χ0v) is 29.0. The van der Waals surface area contributed by atoms with Gasteiger partial charge in [-0.15, -0.1) is 0 Å². The van der Waals surface area contributed by atoms with Crippen LogP contribution in [0.15, 0.2) is 0 Å². The lowest BCUT2D eigenvalue weighted by Gasteiger charge is -2.25. The Hall–Kier alpha value is -1.59. The topological polar surface area (TPSA) is 78.9 Å². The fourth-order valence-electron chi connectivity index (χ4n) is 5.36. The van der Waals surface area contributed by atoms with Gasteiger partial charge in [0.1, 0.15) is 0 Å². The fourth-order valence-corrected chi connectivity index (χ4v) is 5.36. The van der Waals surface area contributed by atoms with Crippen molar-refractivity contribution < 1.29 is 28.6 Å². The smallest absolute Gasteiger partial charge is 0.312 e. The number of hydrogen-bond acceptors (Lipinski definition) is 6. The van der Waals surface area contributed by atoms with E-state index in [9.17, 15) is 14.4 Å². The summed E-state index contributed by atoms with van der Waals surface area (Å²) in [6.45, 7) is 9.30. The van der Waals surface area contributed by atoms with Gasteiger partial charge in [0.2, 0.25) is 0 Å². The predicted molar refractivity (Wildman–Crippen MR) is 178 cm³/mol. The fraction of sp³-hybridized carbons (Fsp3) is 0.919. The van der Waals surface area contributed by atoms with Crippen LogP contribution in [0, 0.1) is 5.41 Å². The number of unbranched alkanes of at least 4 members (excludes halogenated alkanes) is 21. The van der Waals surface area contributed by atoms with Gasteiger partial charge in [-0.05, 0) is 26.2 Å². The van der Waals surface area contributed by atoms with Gasteiger partial charge in [0.15, 0.2) is 0 Å². The maximum absolute atomic E-state index is 13.2. The lowest BCUT2D eigenvalue weighted by molar-refractivity contribution is -0.167. The van der Waals surface area contributed by atoms with E-state index in [4.69, 9.17) is 14.2 Å². The number of carbonyl (C=O) groups excluding carboxylic acids is 3. The van der Waals surface area contributed by atoms with Gasteiger partial charge in [-0.25, -0.2) is 0 Å². The second-order valence-electron chi connectivity index (χ2n) is 12.9. The third-order valence-electron chi connectivity index (χ3n) is 8.31. The third kappa shape index (κ3) is 26.5. The molecular formula is C37H70O6. The Morgan fingerprint density at radius 2 is 0.651 bits per heavy atom. The van der Waals surface area contributed by atoms with Crippen LogP contribution >= 0.6 is 0 Å². The SMILES string of the molecule is CCCCCCCCCCOC(=O)CC(C)(CC(=O)OCCCCCCCCCC)C(=O)OCCCCCCCCCC. The molecule has 0 atom stereocenters. The molecule has 0 rings (SSSR count). The number of esters is 3. The monoisotopic (exact) mass is 611 g/mol. The molecule has 0 fully saturated rings. The van der Waals surface area contributed by atoms with E-state index in [1.807, 2.05) is 0 Å². The molecule has 0 aliphatic heterocycles. The first-order valence-electron chi connectivity index (χ1n) is 18.4. The molecule has 0 N–H and O–H groups in total. The highest BCUT2D eigenvalue weighted by molar-refractivity contribution is 5.87. The first kappa shape index (κ1) is 41.4. The van der Waals surface area contributed by atoms with E-state index < -0.39 is 23.3 Å². The molecule has 0 spiro atoms. The highest BCUT2D eigenvalue weighted by atomic mass is 16.5. The van der Waals surface area contributed by atoms with Gasteiger partial charge < -0.3 is 14.2 Å². The first-order chi connectivity index (χ1) is 20.9. The van der Waals surface area contributed by atoms with Crippen molar-refractivity contribution >= 4 is 17.9 Å². The van der Waals surface area contributed by atoms with Crippen LogP contribution in [0.4, 0.5) is 0 Å². The van der Waals surface area contributed by atoms with Crippen LogP contribution in [0.1, 0.15) is 195 Å². The third-order valence-corrected chi connectivity index (χ3v) is 8.31. The van der Waals surface area contributed by atoms with Crippen LogP contribution in [0.5, 0.6) is 0 Å². The van der Waals surface area contributed by atoms with Gasteiger partial charge in [-0.3, -0.25) is 14.4 Å². The summed E-state index contributed by atoms with van der Waals surface area (Å²) in [5.41, 5.74) is -1.28. The maximum Gasteiger partial charge on any atom is 0.312 e. The summed E-state index contributed by atoms with van der Waals surface area (Å²) in [7, 11) is 0. The summed E-state index contributed by atoms with van der Waals surface area (Å²) in [5.74, 6) is -1.42. The molecule has 0 aliphatic rings. The zero-order valence-electron chi connectivity index (χ0n) is 29.0. The molecule has 0 aliphatic carbocycles. The van der Waals surface area contributed by atoms with E-state index in [0.29, 0.717) is 19.8 Å². The van der Waals surface area contributed by atoms with Crippen LogP contribution in [0.2, 0.25) is 0 Å².